The van der Waals surface area contributed by atoms with Crippen molar-refractivity contribution in [2.75, 3.05) is 5.32 Å². The van der Waals surface area contributed by atoms with E-state index in [-0.39, 0.29) is 5.91 Å². The van der Waals surface area contributed by atoms with Crippen LogP contribution in [0, 0.1) is 0 Å². The quantitative estimate of drug-likeness (QED) is 0.716. The Morgan fingerprint density at radius 2 is 2.09 bits per heavy atom. The van der Waals surface area contributed by atoms with Gasteiger partial charge in [-0.25, -0.2) is 0 Å². The summed E-state index contributed by atoms with van der Waals surface area (Å²) in [4.78, 5) is 11.9. The van der Waals surface area contributed by atoms with Crippen LogP contribution in [0.5, 0.6) is 0 Å². The lowest BCUT2D eigenvalue weighted by Crippen LogP contribution is -2.15. The number of anilines is 1. The number of hydrogen-bond donors (Lipinski definition) is 1. The molecule has 1 aromatic carbocycles. The molecule has 2 aromatic rings. The van der Waals surface area contributed by atoms with Crippen molar-refractivity contribution in [2.24, 2.45) is 0 Å². The molecule has 124 valence electrons. The van der Waals surface area contributed by atoms with Crippen LogP contribution < -0.4 is 5.32 Å². The number of rotatable bonds is 8. The summed E-state index contributed by atoms with van der Waals surface area (Å²) in [6.07, 6.45) is 2.38. The molecule has 2 rings (SSSR count). The summed E-state index contributed by atoms with van der Waals surface area (Å²) in [6.45, 7) is 4.76. The molecule has 1 heterocycles. The van der Waals surface area contributed by atoms with Crippen LogP contribution in [0.3, 0.4) is 0 Å². The highest BCUT2D eigenvalue weighted by Crippen LogP contribution is 2.27. The monoisotopic (exact) mass is 352 g/mol. The first kappa shape index (κ1) is 17.8. The fourth-order valence-electron chi connectivity index (χ4n) is 2.06. The first-order chi connectivity index (χ1) is 11.2. The zero-order chi connectivity index (χ0) is 16.7. The summed E-state index contributed by atoms with van der Waals surface area (Å²) in [5.74, 6) is 1.20. The average molecular weight is 353 g/mol. The van der Waals surface area contributed by atoms with E-state index in [0.29, 0.717) is 24.7 Å². The van der Waals surface area contributed by atoms with E-state index in [4.69, 9.17) is 11.6 Å². The van der Waals surface area contributed by atoms with Crippen LogP contribution in [0.15, 0.2) is 29.4 Å². The molecule has 0 unspecified atom stereocenters. The Labute approximate surface area is 145 Å². The number of unbranched alkanes of at least 4 members (excludes halogenated alkanes) is 1. The van der Waals surface area contributed by atoms with Crippen LogP contribution in [0.25, 0.3) is 0 Å². The molecule has 0 atom stereocenters. The second kappa shape index (κ2) is 8.93. The molecule has 0 fully saturated rings. The lowest BCUT2D eigenvalue weighted by molar-refractivity contribution is -0.116. The minimum Gasteiger partial charge on any atom is -0.295 e. The van der Waals surface area contributed by atoms with Crippen molar-refractivity contribution in [2.45, 2.75) is 50.6 Å². The number of carbonyl (C=O) groups is 1. The van der Waals surface area contributed by atoms with Crippen molar-refractivity contribution in [1.29, 1.82) is 0 Å². The van der Waals surface area contributed by atoms with Gasteiger partial charge in [-0.3, -0.25) is 14.7 Å². The van der Waals surface area contributed by atoms with Crippen molar-refractivity contribution in [3.63, 3.8) is 0 Å². The normalized spacial score (nSPS) is 10.7. The zero-order valence-corrected chi connectivity index (χ0v) is 15.0. The number of aromatic nitrogens is 3. The highest BCUT2D eigenvalue weighted by atomic mass is 35.5. The molecule has 1 N–H and O–H groups in total. The van der Waals surface area contributed by atoms with Gasteiger partial charge in [-0.1, -0.05) is 54.9 Å². The summed E-state index contributed by atoms with van der Waals surface area (Å²) in [6, 6.07) is 7.75. The first-order valence-electron chi connectivity index (χ1n) is 7.75. The standard InChI is InChI=1S/C16H21ClN4OS/c1-3-5-10-14(22)18-15-19-20-16(21(15)4-2)23-11-12-8-6-7-9-13(12)17/h6-9H,3-5,10-11H2,1-2H3,(H,18,19,22). The summed E-state index contributed by atoms with van der Waals surface area (Å²) in [7, 11) is 0. The molecular formula is C16H21ClN4OS. The summed E-state index contributed by atoms with van der Waals surface area (Å²) < 4.78 is 1.91. The molecule has 0 saturated heterocycles. The van der Waals surface area contributed by atoms with Crippen LogP contribution in [0.2, 0.25) is 5.02 Å². The number of amides is 1. The van der Waals surface area contributed by atoms with Crippen molar-refractivity contribution < 1.29 is 4.79 Å². The van der Waals surface area contributed by atoms with Gasteiger partial charge in [-0.15, -0.1) is 10.2 Å². The second-order valence-electron chi connectivity index (χ2n) is 5.08. The Bertz CT molecular complexity index is 659. The van der Waals surface area contributed by atoms with E-state index in [1.807, 2.05) is 35.8 Å². The number of benzene rings is 1. The smallest absolute Gasteiger partial charge is 0.231 e. The Balaban J connectivity index is 2.03. The fraction of sp³-hybridized carbons (Fsp3) is 0.438. The highest BCUT2D eigenvalue weighted by molar-refractivity contribution is 7.98. The van der Waals surface area contributed by atoms with Crippen LogP contribution in [-0.4, -0.2) is 20.7 Å². The Hall–Kier alpha value is -1.53. The second-order valence-corrected chi connectivity index (χ2v) is 6.43. The summed E-state index contributed by atoms with van der Waals surface area (Å²) >= 11 is 7.73. The molecule has 5 nitrogen and oxygen atoms in total. The summed E-state index contributed by atoms with van der Waals surface area (Å²) in [5.41, 5.74) is 1.05. The molecule has 0 saturated carbocycles. The lowest BCUT2D eigenvalue weighted by Gasteiger charge is -2.08. The number of nitrogens with one attached hydrogen (secondary N) is 1. The molecule has 0 radical (unpaired) electrons. The van der Waals surface area contributed by atoms with Gasteiger partial charge in [0.15, 0.2) is 5.16 Å². The van der Waals surface area contributed by atoms with Crippen LogP contribution in [-0.2, 0) is 17.1 Å². The van der Waals surface area contributed by atoms with E-state index in [0.717, 1.165) is 28.6 Å². The number of hydrogen-bond acceptors (Lipinski definition) is 4. The van der Waals surface area contributed by atoms with Crippen LogP contribution in [0.4, 0.5) is 5.95 Å². The Kier molecular flexibility index (Phi) is 6.92. The SMILES string of the molecule is CCCCC(=O)Nc1nnc(SCc2ccccc2Cl)n1CC. The van der Waals surface area contributed by atoms with E-state index in [1.54, 1.807) is 11.8 Å². The van der Waals surface area contributed by atoms with E-state index in [2.05, 4.69) is 22.4 Å². The van der Waals surface area contributed by atoms with E-state index >= 15 is 0 Å². The van der Waals surface area contributed by atoms with Gasteiger partial charge in [0.2, 0.25) is 11.9 Å². The maximum atomic E-state index is 11.9. The first-order valence-corrected chi connectivity index (χ1v) is 9.11. The third kappa shape index (κ3) is 4.97. The van der Waals surface area contributed by atoms with Gasteiger partial charge in [-0.2, -0.15) is 0 Å². The zero-order valence-electron chi connectivity index (χ0n) is 13.4. The molecule has 1 aromatic heterocycles. The molecule has 0 spiro atoms. The van der Waals surface area contributed by atoms with Crippen LogP contribution in [0.1, 0.15) is 38.7 Å². The number of thioether (sulfide) groups is 1. The molecule has 0 aliphatic carbocycles. The van der Waals surface area contributed by atoms with Gasteiger partial charge in [-0.05, 0) is 25.0 Å². The predicted octanol–water partition coefficient (Wildman–Crippen LogP) is 4.37. The van der Waals surface area contributed by atoms with E-state index in [1.165, 1.54) is 0 Å². The van der Waals surface area contributed by atoms with Crippen molar-refractivity contribution >= 4 is 35.2 Å². The topological polar surface area (TPSA) is 59.8 Å². The highest BCUT2D eigenvalue weighted by Gasteiger charge is 2.14. The minimum atomic E-state index is -0.0170. The molecule has 0 bridgehead atoms. The van der Waals surface area contributed by atoms with Gasteiger partial charge < -0.3 is 0 Å². The number of nitrogens with zero attached hydrogens (tertiary/aromatic N) is 3. The largest absolute Gasteiger partial charge is 0.295 e. The summed E-state index contributed by atoms with van der Waals surface area (Å²) in [5, 5.41) is 12.6. The minimum absolute atomic E-state index is 0.0170. The third-order valence-electron chi connectivity index (χ3n) is 3.36. The van der Waals surface area contributed by atoms with Crippen LogP contribution >= 0.6 is 23.4 Å². The van der Waals surface area contributed by atoms with Crippen molar-refractivity contribution in [3.8, 4) is 0 Å². The number of halogens is 1. The molecule has 1 amide bonds. The van der Waals surface area contributed by atoms with Gasteiger partial charge in [0.25, 0.3) is 0 Å². The average Bonchev–Trinajstić information content (AvgIpc) is 2.93. The molecule has 23 heavy (non-hydrogen) atoms. The molecular weight excluding hydrogens is 332 g/mol. The maximum Gasteiger partial charge on any atom is 0.231 e. The Morgan fingerprint density at radius 1 is 1.30 bits per heavy atom. The third-order valence-corrected chi connectivity index (χ3v) is 4.74. The fourth-order valence-corrected chi connectivity index (χ4v) is 3.34. The van der Waals surface area contributed by atoms with Gasteiger partial charge in [0.05, 0.1) is 0 Å². The maximum absolute atomic E-state index is 11.9. The van der Waals surface area contributed by atoms with Crippen molar-refractivity contribution in [3.05, 3.63) is 34.9 Å². The van der Waals surface area contributed by atoms with Gasteiger partial charge in [0.1, 0.15) is 0 Å². The number of carbonyl (C=O) groups excluding carboxylic acids is 1. The molecule has 0 aliphatic heterocycles. The van der Waals surface area contributed by atoms with Gasteiger partial charge in [0, 0.05) is 23.7 Å². The Morgan fingerprint density at radius 3 is 2.78 bits per heavy atom. The lowest BCUT2D eigenvalue weighted by atomic mass is 10.2. The van der Waals surface area contributed by atoms with Gasteiger partial charge >= 0.3 is 0 Å². The predicted molar refractivity (Wildman–Crippen MR) is 94.9 cm³/mol. The molecule has 7 heteroatoms. The van der Waals surface area contributed by atoms with Crippen molar-refractivity contribution in [1.82, 2.24) is 14.8 Å². The van der Waals surface area contributed by atoms with E-state index < -0.39 is 0 Å². The van der Waals surface area contributed by atoms with E-state index in [9.17, 15) is 4.79 Å². The molecule has 0 aliphatic rings.